The molecule has 0 bridgehead atoms. The predicted molar refractivity (Wildman–Crippen MR) is 127 cm³/mol. The fraction of sp³-hybridized carbons (Fsp3) is 0.727. The Balaban J connectivity index is 2.18. The van der Waals surface area contributed by atoms with Crippen LogP contribution in [-0.4, -0.2) is 28.5 Å². The van der Waals surface area contributed by atoms with Gasteiger partial charge in [-0.05, 0) is 19.3 Å². The minimum absolute atomic E-state index is 0.499. The Bertz CT molecular complexity index is 641. The van der Waals surface area contributed by atoms with Crippen LogP contribution in [0, 0.1) is 0 Å². The van der Waals surface area contributed by atoms with Crippen molar-refractivity contribution in [2.24, 2.45) is 0 Å². The van der Waals surface area contributed by atoms with Crippen molar-refractivity contribution in [1.29, 1.82) is 0 Å². The highest BCUT2D eigenvalue weighted by Gasteiger charge is 2.36. The van der Waals surface area contributed by atoms with E-state index in [0.717, 1.165) is 10.7 Å². The first-order valence-electron chi connectivity index (χ1n) is 10.8. The van der Waals surface area contributed by atoms with Gasteiger partial charge in [0.05, 0.1) is 29.2 Å². The van der Waals surface area contributed by atoms with Crippen LogP contribution in [0.3, 0.4) is 0 Å². The summed E-state index contributed by atoms with van der Waals surface area (Å²) in [6.07, 6.45) is 13.8. The van der Waals surface area contributed by atoms with Crippen LogP contribution in [0.15, 0.2) is 10.8 Å². The van der Waals surface area contributed by atoms with Crippen LogP contribution in [0.1, 0.15) is 89.8 Å². The number of hydrogen-bond acceptors (Lipinski definition) is 4. The predicted octanol–water partition coefficient (Wildman–Crippen LogP) is 8.31. The zero-order valence-corrected chi connectivity index (χ0v) is 20.5. The van der Waals surface area contributed by atoms with E-state index in [1.165, 1.54) is 73.9 Å². The molecule has 0 unspecified atom stereocenters. The van der Waals surface area contributed by atoms with Gasteiger partial charge in [-0.1, -0.05) is 53.9 Å². The smallest absolute Gasteiger partial charge is 0.143 e. The van der Waals surface area contributed by atoms with E-state index in [2.05, 4.69) is 45.4 Å². The molecule has 152 valence electrons. The third-order valence-electron chi connectivity index (χ3n) is 5.24. The van der Waals surface area contributed by atoms with E-state index in [-0.39, 0.29) is 0 Å². The molecule has 2 nitrogen and oxygen atoms in total. The molecule has 0 fully saturated rings. The van der Waals surface area contributed by atoms with Gasteiger partial charge in [-0.3, -0.25) is 0 Å². The number of hydrogen-bond donors (Lipinski definition) is 0. The maximum atomic E-state index is 5.05. The van der Waals surface area contributed by atoms with E-state index in [0.29, 0.717) is 5.92 Å². The summed E-state index contributed by atoms with van der Waals surface area (Å²) in [5.41, 5.74) is 2.42. The first kappa shape index (κ1) is 23.0. The van der Waals surface area contributed by atoms with E-state index in [9.17, 15) is 0 Å². The molecule has 0 N–H and O–H groups in total. The second-order valence-electron chi connectivity index (χ2n) is 8.10. The second kappa shape index (κ2) is 11.6. The SMILES string of the molecule is CCCC[P+](CCCC)(CCCC)Cc1csc(-c2csc(C(C)C)n2)n1. The third-order valence-corrected chi connectivity index (χ3v) is 12.1. The number of nitrogens with zero attached hydrogens (tertiary/aromatic N) is 2. The van der Waals surface area contributed by atoms with Gasteiger partial charge in [0.15, 0.2) is 0 Å². The molecule has 0 saturated heterocycles. The van der Waals surface area contributed by atoms with Crippen LogP contribution in [0.2, 0.25) is 0 Å². The van der Waals surface area contributed by atoms with E-state index in [4.69, 9.17) is 9.97 Å². The molecule has 2 aromatic heterocycles. The molecule has 2 rings (SSSR count). The summed E-state index contributed by atoms with van der Waals surface area (Å²) in [5.74, 6) is 0.499. The average molecular weight is 426 g/mol. The van der Waals surface area contributed by atoms with Crippen molar-refractivity contribution in [3.8, 4) is 10.7 Å². The average Bonchev–Trinajstić information content (AvgIpc) is 3.32. The molecule has 0 aliphatic heterocycles. The molecule has 0 saturated carbocycles. The monoisotopic (exact) mass is 425 g/mol. The molecule has 0 atom stereocenters. The molecule has 0 amide bonds. The van der Waals surface area contributed by atoms with Crippen LogP contribution in [-0.2, 0) is 6.16 Å². The first-order valence-corrected chi connectivity index (χ1v) is 15.1. The van der Waals surface area contributed by atoms with Crippen LogP contribution >= 0.6 is 29.9 Å². The molecule has 0 radical (unpaired) electrons. The fourth-order valence-corrected chi connectivity index (χ4v) is 10.3. The molecule has 27 heavy (non-hydrogen) atoms. The van der Waals surface area contributed by atoms with Crippen molar-refractivity contribution in [2.45, 2.75) is 85.2 Å². The molecule has 0 aliphatic rings. The van der Waals surface area contributed by atoms with Crippen LogP contribution in [0.25, 0.3) is 10.7 Å². The van der Waals surface area contributed by atoms with Crippen LogP contribution in [0.5, 0.6) is 0 Å². The van der Waals surface area contributed by atoms with Gasteiger partial charge in [0.2, 0.25) is 0 Å². The van der Waals surface area contributed by atoms with Crippen molar-refractivity contribution in [1.82, 2.24) is 9.97 Å². The van der Waals surface area contributed by atoms with Gasteiger partial charge < -0.3 is 0 Å². The Hall–Kier alpha value is -0.310. The highest BCUT2D eigenvalue weighted by molar-refractivity contribution is 7.75. The van der Waals surface area contributed by atoms with Gasteiger partial charge >= 0.3 is 0 Å². The van der Waals surface area contributed by atoms with Gasteiger partial charge in [0.1, 0.15) is 16.9 Å². The lowest BCUT2D eigenvalue weighted by Crippen LogP contribution is -2.11. The summed E-state index contributed by atoms with van der Waals surface area (Å²) in [5, 5.41) is 6.85. The Kier molecular flexibility index (Phi) is 9.90. The number of unbranched alkanes of at least 4 members (excludes halogenated alkanes) is 3. The molecule has 5 heteroatoms. The number of thiazole rings is 2. The van der Waals surface area contributed by atoms with E-state index in [1.54, 1.807) is 22.7 Å². The number of rotatable bonds is 13. The zero-order chi connectivity index (χ0) is 19.7. The fourth-order valence-electron chi connectivity index (χ4n) is 3.55. The standard InChI is InChI=1S/C22H38N2PS2/c1-6-9-12-25(13-10-7-2,14-11-8-3)15-19-16-26-22(23-19)20-17-27-21(24-20)18(4)5/h16-18H,6-15H2,1-5H3/q+1. The second-order valence-corrected chi connectivity index (χ2v) is 14.2. The van der Waals surface area contributed by atoms with Crippen LogP contribution in [0.4, 0.5) is 0 Å². The first-order chi connectivity index (χ1) is 13.0. The molecule has 2 aromatic rings. The van der Waals surface area contributed by atoms with Gasteiger partial charge in [-0.2, -0.15) is 0 Å². The summed E-state index contributed by atoms with van der Waals surface area (Å²) in [6.45, 7) is 11.4. The largest absolute Gasteiger partial charge is 0.238 e. The molecule has 0 spiro atoms. The van der Waals surface area contributed by atoms with Crippen molar-refractivity contribution in [3.63, 3.8) is 0 Å². The molecule has 0 aliphatic carbocycles. The maximum Gasteiger partial charge on any atom is 0.143 e. The Morgan fingerprint density at radius 2 is 1.44 bits per heavy atom. The maximum absolute atomic E-state index is 5.05. The van der Waals surface area contributed by atoms with Gasteiger partial charge in [-0.25, -0.2) is 9.97 Å². The molecular weight excluding hydrogens is 387 g/mol. The topological polar surface area (TPSA) is 25.8 Å². The molecule has 0 aromatic carbocycles. The zero-order valence-electron chi connectivity index (χ0n) is 18.0. The minimum Gasteiger partial charge on any atom is -0.238 e. The normalized spacial score (nSPS) is 12.2. The lowest BCUT2D eigenvalue weighted by Gasteiger charge is -2.27. The van der Waals surface area contributed by atoms with Crippen molar-refractivity contribution in [3.05, 3.63) is 21.5 Å². The van der Waals surface area contributed by atoms with Gasteiger partial charge in [0.25, 0.3) is 0 Å². The van der Waals surface area contributed by atoms with Crippen molar-refractivity contribution < 1.29 is 0 Å². The Morgan fingerprint density at radius 1 is 0.852 bits per heavy atom. The highest BCUT2D eigenvalue weighted by atomic mass is 32.1. The Morgan fingerprint density at radius 3 is 1.93 bits per heavy atom. The summed E-state index contributed by atoms with van der Waals surface area (Å²) < 4.78 is 0. The van der Waals surface area contributed by atoms with Crippen molar-refractivity contribution in [2.75, 3.05) is 18.5 Å². The van der Waals surface area contributed by atoms with E-state index < -0.39 is 7.26 Å². The van der Waals surface area contributed by atoms with Gasteiger partial charge in [0, 0.05) is 23.9 Å². The Labute approximate surface area is 175 Å². The minimum atomic E-state index is -0.930. The van der Waals surface area contributed by atoms with Gasteiger partial charge in [-0.15, -0.1) is 22.7 Å². The molecule has 2 heterocycles. The van der Waals surface area contributed by atoms with Crippen molar-refractivity contribution >= 4 is 29.9 Å². The third kappa shape index (κ3) is 6.91. The lowest BCUT2D eigenvalue weighted by molar-refractivity contribution is 0.831. The van der Waals surface area contributed by atoms with E-state index in [1.807, 2.05) is 0 Å². The quantitative estimate of drug-likeness (QED) is 0.302. The summed E-state index contributed by atoms with van der Waals surface area (Å²) >= 11 is 3.56. The molecular formula is C22H38N2PS2+. The number of aromatic nitrogens is 2. The summed E-state index contributed by atoms with van der Waals surface area (Å²) in [6, 6.07) is 0. The van der Waals surface area contributed by atoms with E-state index >= 15 is 0 Å². The summed E-state index contributed by atoms with van der Waals surface area (Å²) in [7, 11) is -0.930. The highest BCUT2D eigenvalue weighted by Crippen LogP contribution is 2.63. The van der Waals surface area contributed by atoms with Crippen LogP contribution < -0.4 is 0 Å². The lowest BCUT2D eigenvalue weighted by atomic mass is 10.2. The summed E-state index contributed by atoms with van der Waals surface area (Å²) in [4.78, 5) is 9.87.